The average molecular weight is 186 g/mol. The Balaban J connectivity index is -0.000000500. The van der Waals surface area contributed by atoms with E-state index in [1.165, 1.54) is 0 Å². The van der Waals surface area contributed by atoms with E-state index in [0.29, 0.717) is 6.42 Å². The molecule has 5 nitrogen and oxygen atoms in total. The first-order valence-electron chi connectivity index (χ1n) is 3.42. The first-order chi connectivity index (χ1) is 5.04. The second kappa shape index (κ2) is 6.82. The van der Waals surface area contributed by atoms with Crippen LogP contribution in [-0.4, -0.2) is 28.5 Å². The number of aliphatic carboxylic acids is 1. The SMILES string of the molecule is CCC(C)(NO)NCC(=O)O.[H-].[Na+]. The van der Waals surface area contributed by atoms with Crippen molar-refractivity contribution in [2.24, 2.45) is 0 Å². The van der Waals surface area contributed by atoms with Gasteiger partial charge in [0.1, 0.15) is 0 Å². The van der Waals surface area contributed by atoms with Crippen molar-refractivity contribution >= 4 is 5.97 Å². The van der Waals surface area contributed by atoms with E-state index in [0.717, 1.165) is 0 Å². The van der Waals surface area contributed by atoms with Crippen LogP contribution in [-0.2, 0) is 4.79 Å². The maximum absolute atomic E-state index is 10.1. The average Bonchev–Trinajstić information content (AvgIpc) is 2.00. The Morgan fingerprint density at radius 3 is 2.42 bits per heavy atom. The molecule has 0 fully saturated rings. The fraction of sp³-hybridized carbons (Fsp3) is 0.833. The first-order valence-corrected chi connectivity index (χ1v) is 3.42. The van der Waals surface area contributed by atoms with Crippen molar-refractivity contribution in [3.05, 3.63) is 0 Å². The Kier molecular flexibility index (Phi) is 8.44. The van der Waals surface area contributed by atoms with E-state index >= 15 is 0 Å². The molecule has 0 saturated heterocycles. The molecule has 1 unspecified atom stereocenters. The molecule has 0 aliphatic rings. The molecule has 0 bridgehead atoms. The smallest absolute Gasteiger partial charge is 1.00 e. The molecule has 0 aliphatic carbocycles. The molecular weight excluding hydrogens is 171 g/mol. The molecule has 0 aromatic rings. The summed E-state index contributed by atoms with van der Waals surface area (Å²) in [5.74, 6) is -0.945. The van der Waals surface area contributed by atoms with E-state index in [1.807, 2.05) is 12.4 Å². The van der Waals surface area contributed by atoms with Crippen molar-refractivity contribution in [2.75, 3.05) is 6.54 Å². The molecule has 68 valence electrons. The third-order valence-electron chi connectivity index (χ3n) is 1.58. The van der Waals surface area contributed by atoms with E-state index in [4.69, 9.17) is 10.3 Å². The maximum atomic E-state index is 10.1. The van der Waals surface area contributed by atoms with Gasteiger partial charge in [-0.25, -0.2) is 0 Å². The van der Waals surface area contributed by atoms with E-state index < -0.39 is 11.6 Å². The van der Waals surface area contributed by atoms with Gasteiger partial charge in [-0.2, -0.15) is 5.48 Å². The summed E-state index contributed by atoms with van der Waals surface area (Å²) in [6.07, 6.45) is 0.594. The molecule has 0 aromatic carbocycles. The Morgan fingerprint density at radius 2 is 2.17 bits per heavy atom. The van der Waals surface area contributed by atoms with Crippen molar-refractivity contribution in [1.29, 1.82) is 0 Å². The molecule has 1 atom stereocenters. The molecule has 6 heteroatoms. The molecule has 0 aromatic heterocycles. The minimum Gasteiger partial charge on any atom is -1.00 e. The normalized spacial score (nSPS) is 14.6. The van der Waals surface area contributed by atoms with Crippen LogP contribution >= 0.6 is 0 Å². The summed E-state index contributed by atoms with van der Waals surface area (Å²) in [6, 6.07) is 0. The summed E-state index contributed by atoms with van der Waals surface area (Å²) in [5, 5.41) is 19.5. The summed E-state index contributed by atoms with van der Waals surface area (Å²) in [7, 11) is 0. The van der Waals surface area contributed by atoms with E-state index in [1.54, 1.807) is 6.92 Å². The van der Waals surface area contributed by atoms with Gasteiger partial charge in [0, 0.05) is 0 Å². The first kappa shape index (κ1) is 14.9. The quantitative estimate of drug-likeness (QED) is 0.207. The molecule has 0 radical (unpaired) electrons. The molecule has 12 heavy (non-hydrogen) atoms. The number of carboxylic acid groups (broad SMARTS) is 1. The largest absolute Gasteiger partial charge is 1.00 e. The van der Waals surface area contributed by atoms with Crippen LogP contribution in [0.1, 0.15) is 21.7 Å². The zero-order valence-corrected chi connectivity index (χ0v) is 9.72. The van der Waals surface area contributed by atoms with Crippen LogP contribution in [0.4, 0.5) is 0 Å². The van der Waals surface area contributed by atoms with Crippen molar-refractivity contribution in [3.63, 3.8) is 0 Å². The minimum absolute atomic E-state index is 0. The molecule has 0 saturated carbocycles. The van der Waals surface area contributed by atoms with Gasteiger partial charge in [-0.3, -0.25) is 10.1 Å². The monoisotopic (exact) mass is 186 g/mol. The van der Waals surface area contributed by atoms with Gasteiger partial charge < -0.3 is 11.7 Å². The Bertz CT molecular complexity index is 144. The summed E-state index contributed by atoms with van der Waals surface area (Å²) in [5.41, 5.74) is 1.30. The Labute approximate surface area is 95.3 Å². The van der Waals surface area contributed by atoms with E-state index in [-0.39, 0.29) is 37.5 Å². The van der Waals surface area contributed by atoms with Crippen LogP contribution in [0.3, 0.4) is 0 Å². The summed E-state index contributed by atoms with van der Waals surface area (Å²) in [4.78, 5) is 10.1. The zero-order chi connectivity index (χ0) is 8.91. The summed E-state index contributed by atoms with van der Waals surface area (Å²) in [6.45, 7) is 3.34. The number of rotatable bonds is 5. The standard InChI is InChI=1S/C6H14N2O3.Na.H/c1-3-6(2,8-11)7-4-5(9)10;;/h7-8,11H,3-4H2,1-2H3,(H,9,10);;/q;+1;-1. The van der Waals surface area contributed by atoms with Gasteiger partial charge in [-0.05, 0) is 13.3 Å². The second-order valence-electron chi connectivity index (χ2n) is 2.54. The van der Waals surface area contributed by atoms with Gasteiger partial charge >= 0.3 is 35.5 Å². The van der Waals surface area contributed by atoms with Crippen LogP contribution < -0.4 is 40.4 Å². The van der Waals surface area contributed by atoms with Gasteiger partial charge in [0.2, 0.25) is 0 Å². The third kappa shape index (κ3) is 5.93. The second-order valence-corrected chi connectivity index (χ2v) is 2.54. The summed E-state index contributed by atoms with van der Waals surface area (Å²) < 4.78 is 0. The van der Waals surface area contributed by atoms with Gasteiger partial charge in [0.05, 0.1) is 12.2 Å². The van der Waals surface area contributed by atoms with Crippen molar-refractivity contribution in [1.82, 2.24) is 10.8 Å². The van der Waals surface area contributed by atoms with Gasteiger partial charge in [0.25, 0.3) is 0 Å². The van der Waals surface area contributed by atoms with Crippen molar-refractivity contribution < 1.29 is 46.1 Å². The fourth-order valence-corrected chi connectivity index (χ4v) is 0.514. The van der Waals surface area contributed by atoms with E-state index in [2.05, 4.69) is 5.32 Å². The molecule has 0 heterocycles. The van der Waals surface area contributed by atoms with Crippen LogP contribution in [0.2, 0.25) is 0 Å². The predicted molar refractivity (Wildman–Crippen MR) is 40.4 cm³/mol. The number of nitrogens with one attached hydrogen (secondary N) is 2. The number of carbonyl (C=O) groups is 1. The van der Waals surface area contributed by atoms with E-state index in [9.17, 15) is 4.79 Å². The topological polar surface area (TPSA) is 81.6 Å². The van der Waals surface area contributed by atoms with Crippen molar-refractivity contribution in [2.45, 2.75) is 25.9 Å². The molecule has 0 aliphatic heterocycles. The van der Waals surface area contributed by atoms with Crippen LogP contribution in [0, 0.1) is 0 Å². The molecule has 4 N–H and O–H groups in total. The third-order valence-corrected chi connectivity index (χ3v) is 1.58. The van der Waals surface area contributed by atoms with Crippen LogP contribution in [0.15, 0.2) is 0 Å². The van der Waals surface area contributed by atoms with Crippen molar-refractivity contribution in [3.8, 4) is 0 Å². The maximum Gasteiger partial charge on any atom is 1.00 e. The molecule has 0 spiro atoms. The number of hydrogen-bond donors (Lipinski definition) is 4. The van der Waals surface area contributed by atoms with Gasteiger partial charge in [-0.1, -0.05) is 6.92 Å². The molecule has 0 rings (SSSR count). The van der Waals surface area contributed by atoms with Crippen LogP contribution in [0.25, 0.3) is 0 Å². The minimum atomic E-state index is -0.945. The number of carboxylic acids is 1. The predicted octanol–water partition coefficient (Wildman–Crippen LogP) is -3.12. The number of hydrogen-bond acceptors (Lipinski definition) is 4. The zero-order valence-electron chi connectivity index (χ0n) is 8.72. The Hall–Kier alpha value is 0.350. The Morgan fingerprint density at radius 1 is 1.67 bits per heavy atom. The number of hydroxylamine groups is 1. The molecular formula is C6H15N2NaO3. The molecule has 0 amide bonds. The summed E-state index contributed by atoms with van der Waals surface area (Å²) >= 11 is 0. The fourth-order valence-electron chi connectivity index (χ4n) is 0.514. The van der Waals surface area contributed by atoms with Gasteiger partial charge in [-0.15, -0.1) is 0 Å². The van der Waals surface area contributed by atoms with Gasteiger partial charge in [0.15, 0.2) is 0 Å². The van der Waals surface area contributed by atoms with Crippen LogP contribution in [0.5, 0.6) is 0 Å².